The van der Waals surface area contributed by atoms with E-state index in [4.69, 9.17) is 0 Å². The van der Waals surface area contributed by atoms with E-state index in [1.165, 1.54) is 51.4 Å². The Labute approximate surface area is 136 Å². The zero-order chi connectivity index (χ0) is 15.5. The van der Waals surface area contributed by atoms with Crippen molar-refractivity contribution >= 4 is 5.78 Å². The van der Waals surface area contributed by atoms with Crippen molar-refractivity contribution in [2.75, 3.05) is 0 Å². The van der Waals surface area contributed by atoms with Gasteiger partial charge in [-0.3, -0.25) is 4.79 Å². The summed E-state index contributed by atoms with van der Waals surface area (Å²) in [6.45, 7) is 7.61. The number of carbonyl (C=O) groups is 1. The zero-order valence-electron chi connectivity index (χ0n) is 14.9. The van der Waals surface area contributed by atoms with Gasteiger partial charge in [0.05, 0.1) is 0 Å². The number of fused-ring (bicyclic) bond motifs is 5. The first-order valence-electron chi connectivity index (χ1n) is 10.0. The maximum atomic E-state index is 11.9. The monoisotopic (exact) mass is 302 g/mol. The van der Waals surface area contributed by atoms with Crippen LogP contribution in [0, 0.1) is 40.4 Å². The van der Waals surface area contributed by atoms with E-state index in [-0.39, 0.29) is 0 Å². The summed E-state index contributed by atoms with van der Waals surface area (Å²) in [6.07, 6.45) is 13.0. The summed E-state index contributed by atoms with van der Waals surface area (Å²) >= 11 is 0. The minimum Gasteiger partial charge on any atom is -0.300 e. The Morgan fingerprint density at radius 3 is 2.50 bits per heavy atom. The highest BCUT2D eigenvalue weighted by Gasteiger charge is 2.59. The number of hydrogen-bond donors (Lipinski definition) is 0. The van der Waals surface area contributed by atoms with Gasteiger partial charge in [0.2, 0.25) is 0 Å². The molecule has 0 heterocycles. The average molecular weight is 303 g/mol. The summed E-state index contributed by atoms with van der Waals surface area (Å²) < 4.78 is 0. The fourth-order valence-electron chi connectivity index (χ4n) is 7.82. The van der Waals surface area contributed by atoms with Gasteiger partial charge < -0.3 is 0 Å². The van der Waals surface area contributed by atoms with Crippen LogP contribution < -0.4 is 0 Å². The molecule has 0 unspecified atom stereocenters. The molecule has 0 aliphatic heterocycles. The lowest BCUT2D eigenvalue weighted by Gasteiger charge is -2.60. The molecule has 0 N–H and O–H groups in total. The highest BCUT2D eigenvalue weighted by atomic mass is 16.1. The van der Waals surface area contributed by atoms with Crippen LogP contribution in [-0.2, 0) is 4.79 Å². The van der Waals surface area contributed by atoms with Gasteiger partial charge in [0.15, 0.2) is 0 Å². The zero-order valence-corrected chi connectivity index (χ0v) is 14.9. The predicted molar refractivity (Wildman–Crippen MR) is 90.5 cm³/mol. The van der Waals surface area contributed by atoms with E-state index in [2.05, 4.69) is 20.8 Å². The second kappa shape index (κ2) is 5.08. The van der Waals surface area contributed by atoms with Gasteiger partial charge >= 0.3 is 0 Å². The van der Waals surface area contributed by atoms with Crippen molar-refractivity contribution in [3.8, 4) is 0 Å². The lowest BCUT2D eigenvalue weighted by atomic mass is 9.45. The molecule has 0 aromatic heterocycles. The summed E-state index contributed by atoms with van der Waals surface area (Å²) in [5.41, 5.74) is 1.13. The predicted octanol–water partition coefficient (Wildman–Crippen LogP) is 5.62. The molecule has 0 radical (unpaired) electrons. The van der Waals surface area contributed by atoms with Crippen LogP contribution in [0.4, 0.5) is 0 Å². The van der Waals surface area contributed by atoms with Crippen LogP contribution in [0.5, 0.6) is 0 Å². The Balaban J connectivity index is 1.62. The standard InChI is InChI=1S/C21H34O/c1-4-14-6-8-18-17-7-5-15-13-16(22)9-11-21(15,3)19(17)10-12-20(14,18)2/h14-15,17-19H,4-13H2,1-3H3/t14-,15+,17+,18-,19-,20+,21+/m1/s1. The topological polar surface area (TPSA) is 17.1 Å². The van der Waals surface area contributed by atoms with Crippen molar-refractivity contribution in [2.45, 2.75) is 85.0 Å². The minimum atomic E-state index is 0.489. The fraction of sp³-hybridized carbons (Fsp3) is 0.952. The van der Waals surface area contributed by atoms with Gasteiger partial charge in [-0.15, -0.1) is 0 Å². The Hall–Kier alpha value is -0.330. The van der Waals surface area contributed by atoms with Crippen molar-refractivity contribution in [3.05, 3.63) is 0 Å². The van der Waals surface area contributed by atoms with E-state index in [1.54, 1.807) is 0 Å². The first-order chi connectivity index (χ1) is 10.5. The van der Waals surface area contributed by atoms with Gasteiger partial charge in [0.25, 0.3) is 0 Å². The summed E-state index contributed by atoms with van der Waals surface area (Å²) in [5.74, 6) is 5.14. The molecule has 22 heavy (non-hydrogen) atoms. The molecular formula is C21H34O. The van der Waals surface area contributed by atoms with Gasteiger partial charge in [-0.25, -0.2) is 0 Å². The Morgan fingerprint density at radius 2 is 1.73 bits per heavy atom. The largest absolute Gasteiger partial charge is 0.300 e. The molecule has 4 fully saturated rings. The highest BCUT2D eigenvalue weighted by molar-refractivity contribution is 5.79. The molecule has 0 saturated heterocycles. The lowest BCUT2D eigenvalue weighted by molar-refractivity contribution is -0.139. The van der Waals surface area contributed by atoms with Crippen molar-refractivity contribution in [2.24, 2.45) is 40.4 Å². The normalized spacial score (nSPS) is 54.5. The summed E-state index contributed by atoms with van der Waals surface area (Å²) in [7, 11) is 0. The van der Waals surface area contributed by atoms with E-state index in [9.17, 15) is 4.79 Å². The molecule has 0 bridgehead atoms. The molecular weight excluding hydrogens is 268 g/mol. The number of carbonyl (C=O) groups excluding carboxylic acids is 1. The minimum absolute atomic E-state index is 0.489. The highest BCUT2D eigenvalue weighted by Crippen LogP contribution is 2.67. The third kappa shape index (κ3) is 1.93. The number of ketones is 1. The molecule has 4 aliphatic rings. The molecule has 0 aromatic carbocycles. The van der Waals surface area contributed by atoms with Gasteiger partial charge in [0.1, 0.15) is 5.78 Å². The van der Waals surface area contributed by atoms with Crippen molar-refractivity contribution < 1.29 is 4.79 Å². The Kier molecular flexibility index (Phi) is 3.51. The van der Waals surface area contributed by atoms with E-state index in [0.717, 1.165) is 36.5 Å². The maximum absolute atomic E-state index is 11.9. The van der Waals surface area contributed by atoms with E-state index in [1.807, 2.05) is 0 Å². The van der Waals surface area contributed by atoms with Crippen LogP contribution in [0.15, 0.2) is 0 Å². The summed E-state index contributed by atoms with van der Waals surface area (Å²) in [4.78, 5) is 11.9. The quantitative estimate of drug-likeness (QED) is 0.614. The third-order valence-corrected chi connectivity index (χ3v) is 9.17. The van der Waals surface area contributed by atoms with Crippen molar-refractivity contribution in [3.63, 3.8) is 0 Å². The van der Waals surface area contributed by atoms with Crippen LogP contribution in [-0.4, -0.2) is 5.78 Å². The van der Waals surface area contributed by atoms with Gasteiger partial charge in [0, 0.05) is 12.8 Å². The van der Waals surface area contributed by atoms with E-state index < -0.39 is 0 Å². The van der Waals surface area contributed by atoms with Crippen LogP contribution >= 0.6 is 0 Å². The molecule has 0 spiro atoms. The van der Waals surface area contributed by atoms with Crippen LogP contribution in [0.25, 0.3) is 0 Å². The Morgan fingerprint density at radius 1 is 0.955 bits per heavy atom. The first kappa shape index (κ1) is 15.2. The number of hydrogen-bond acceptors (Lipinski definition) is 1. The SMILES string of the molecule is CC[C@@H]1CC[C@@H]2[C@@H]3CC[C@H]4CC(=O)CC[C@]4(C)[C@@H]3CC[C@@]12C. The third-order valence-electron chi connectivity index (χ3n) is 9.17. The molecule has 1 heteroatoms. The Bertz CT molecular complexity index is 469. The fourth-order valence-corrected chi connectivity index (χ4v) is 7.82. The first-order valence-corrected chi connectivity index (χ1v) is 10.0. The number of Topliss-reactive ketones (excluding diaryl/α,β-unsaturated/α-hetero) is 1. The summed E-state index contributed by atoms with van der Waals surface area (Å²) in [6, 6.07) is 0. The van der Waals surface area contributed by atoms with Crippen LogP contribution in [0.2, 0.25) is 0 Å². The molecule has 4 aliphatic carbocycles. The second-order valence-corrected chi connectivity index (χ2v) is 9.63. The molecule has 0 aromatic rings. The molecule has 4 saturated carbocycles. The van der Waals surface area contributed by atoms with E-state index >= 15 is 0 Å². The van der Waals surface area contributed by atoms with Crippen molar-refractivity contribution in [1.82, 2.24) is 0 Å². The van der Waals surface area contributed by atoms with Gasteiger partial charge in [-0.2, -0.15) is 0 Å². The van der Waals surface area contributed by atoms with Gasteiger partial charge in [-0.1, -0.05) is 27.2 Å². The maximum Gasteiger partial charge on any atom is 0.133 e. The van der Waals surface area contributed by atoms with Gasteiger partial charge in [-0.05, 0) is 85.4 Å². The number of rotatable bonds is 1. The molecule has 0 amide bonds. The van der Waals surface area contributed by atoms with Crippen LogP contribution in [0.1, 0.15) is 85.0 Å². The van der Waals surface area contributed by atoms with Crippen LogP contribution in [0.3, 0.4) is 0 Å². The second-order valence-electron chi connectivity index (χ2n) is 9.63. The van der Waals surface area contributed by atoms with E-state index in [0.29, 0.717) is 22.5 Å². The average Bonchev–Trinajstić information content (AvgIpc) is 2.84. The van der Waals surface area contributed by atoms with Crippen molar-refractivity contribution in [1.29, 1.82) is 0 Å². The molecule has 124 valence electrons. The molecule has 1 nitrogen and oxygen atoms in total. The summed E-state index contributed by atoms with van der Waals surface area (Å²) in [5, 5.41) is 0. The lowest BCUT2D eigenvalue weighted by Crippen LogP contribution is -2.53. The molecule has 4 rings (SSSR count). The molecule has 7 atom stereocenters. The smallest absolute Gasteiger partial charge is 0.133 e.